The number of carbonyl (C=O) groups is 3. The average Bonchev–Trinajstić information content (AvgIpc) is 3.25. The van der Waals surface area contributed by atoms with E-state index < -0.39 is 35.2 Å². The highest BCUT2D eigenvalue weighted by Crippen LogP contribution is 2.35. The maximum absolute atomic E-state index is 13.7. The van der Waals surface area contributed by atoms with E-state index in [1.165, 1.54) is 42.6 Å². The zero-order chi connectivity index (χ0) is 21.6. The molecule has 0 spiro atoms. The molecule has 12 heteroatoms. The summed E-state index contributed by atoms with van der Waals surface area (Å²) in [6.07, 6.45) is -3.28. The number of hydrogen-bond acceptors (Lipinski definition) is 6. The number of carbonyl (C=O) groups excluding carboxylic acids is 3. The summed E-state index contributed by atoms with van der Waals surface area (Å²) in [7, 11) is 0. The molecule has 3 aromatic rings. The first-order valence-corrected chi connectivity index (χ1v) is 8.54. The van der Waals surface area contributed by atoms with Gasteiger partial charge in [0.15, 0.2) is 11.5 Å². The summed E-state index contributed by atoms with van der Waals surface area (Å²) in [6, 6.07) is 8.31. The van der Waals surface area contributed by atoms with Crippen LogP contribution in [-0.4, -0.2) is 37.6 Å². The molecule has 4 rings (SSSR count). The number of rotatable bonds is 3. The Hall–Kier alpha value is -3.73. The van der Waals surface area contributed by atoms with Gasteiger partial charge in [0.25, 0.3) is 11.8 Å². The molecular weight excluding hydrogens is 429 g/mol. The molecule has 0 atom stereocenters. The SMILES string of the molecule is O=C(ON1C(=O)c2ccccc2C1=O)c1cnn(-c2ncccc2Cl)c1C(F)(F)F. The van der Waals surface area contributed by atoms with Crippen molar-refractivity contribution in [3.8, 4) is 5.82 Å². The standard InChI is InChI=1S/C18H8ClF3N4O4/c19-12-6-3-7-23-14(12)25-13(18(20,21)22)11(8-24-25)17(29)30-26-15(27)9-4-1-2-5-10(9)16(26)28/h1-8H. The predicted molar refractivity (Wildman–Crippen MR) is 93.7 cm³/mol. The van der Waals surface area contributed by atoms with Crippen LogP contribution in [0.5, 0.6) is 0 Å². The smallest absolute Gasteiger partial charge is 0.324 e. The van der Waals surface area contributed by atoms with E-state index in [2.05, 4.69) is 10.1 Å². The third kappa shape index (κ3) is 3.08. The second-order valence-electron chi connectivity index (χ2n) is 5.95. The van der Waals surface area contributed by atoms with Gasteiger partial charge in [-0.05, 0) is 24.3 Å². The summed E-state index contributed by atoms with van der Waals surface area (Å²) in [6.45, 7) is 0. The second-order valence-corrected chi connectivity index (χ2v) is 6.36. The average molecular weight is 437 g/mol. The summed E-state index contributed by atoms with van der Waals surface area (Å²) in [5.74, 6) is -3.92. The number of benzene rings is 1. The molecule has 0 radical (unpaired) electrons. The van der Waals surface area contributed by atoms with Crippen LogP contribution in [0.2, 0.25) is 5.02 Å². The number of amides is 2. The Labute approximate surface area is 170 Å². The van der Waals surface area contributed by atoms with Gasteiger partial charge in [0, 0.05) is 6.20 Å². The summed E-state index contributed by atoms with van der Waals surface area (Å²) < 4.78 is 41.5. The van der Waals surface area contributed by atoms with Crippen LogP contribution < -0.4 is 0 Å². The molecule has 1 aliphatic heterocycles. The molecule has 0 aliphatic carbocycles. The van der Waals surface area contributed by atoms with Gasteiger partial charge in [0.2, 0.25) is 0 Å². The van der Waals surface area contributed by atoms with Crippen molar-refractivity contribution >= 4 is 29.4 Å². The van der Waals surface area contributed by atoms with Gasteiger partial charge in [-0.15, -0.1) is 0 Å². The zero-order valence-electron chi connectivity index (χ0n) is 14.6. The molecule has 30 heavy (non-hydrogen) atoms. The number of imide groups is 1. The molecule has 152 valence electrons. The van der Waals surface area contributed by atoms with E-state index in [1.54, 1.807) is 0 Å². The van der Waals surface area contributed by atoms with Gasteiger partial charge >= 0.3 is 12.1 Å². The molecule has 0 saturated heterocycles. The minimum atomic E-state index is -5.06. The largest absolute Gasteiger partial charge is 0.434 e. The van der Waals surface area contributed by atoms with Gasteiger partial charge in [-0.3, -0.25) is 9.59 Å². The number of alkyl halides is 3. The Kier molecular flexibility index (Phi) is 4.54. The minimum absolute atomic E-state index is 0.0395. The number of aromatic nitrogens is 3. The Morgan fingerprint density at radius 2 is 1.67 bits per heavy atom. The molecule has 0 saturated carbocycles. The first kappa shape index (κ1) is 19.6. The molecule has 0 N–H and O–H groups in total. The van der Waals surface area contributed by atoms with Crippen molar-refractivity contribution in [2.24, 2.45) is 0 Å². The number of hydrogen-bond donors (Lipinski definition) is 0. The number of halogens is 4. The molecule has 0 unspecified atom stereocenters. The van der Waals surface area contributed by atoms with Crippen molar-refractivity contribution in [1.82, 2.24) is 19.8 Å². The number of fused-ring (bicyclic) bond motifs is 1. The molecular formula is C18H8ClF3N4O4. The summed E-state index contributed by atoms with van der Waals surface area (Å²) in [5.41, 5.74) is -2.63. The quantitative estimate of drug-likeness (QED) is 0.585. The molecule has 2 amide bonds. The molecule has 8 nitrogen and oxygen atoms in total. The van der Waals surface area contributed by atoms with Crippen molar-refractivity contribution in [2.75, 3.05) is 0 Å². The molecule has 3 heterocycles. The summed E-state index contributed by atoms with van der Waals surface area (Å²) in [4.78, 5) is 45.5. The van der Waals surface area contributed by atoms with Crippen molar-refractivity contribution < 1.29 is 32.4 Å². The highest BCUT2D eigenvalue weighted by molar-refractivity contribution is 6.32. The van der Waals surface area contributed by atoms with Crippen LogP contribution in [0.4, 0.5) is 13.2 Å². The number of nitrogens with zero attached hydrogens (tertiary/aromatic N) is 4. The fourth-order valence-electron chi connectivity index (χ4n) is 2.85. The zero-order valence-corrected chi connectivity index (χ0v) is 15.3. The van der Waals surface area contributed by atoms with Crippen LogP contribution in [0.15, 0.2) is 48.8 Å². The van der Waals surface area contributed by atoms with Crippen molar-refractivity contribution in [2.45, 2.75) is 6.18 Å². The van der Waals surface area contributed by atoms with Crippen LogP contribution in [0.25, 0.3) is 5.82 Å². The molecule has 1 aromatic carbocycles. The van der Waals surface area contributed by atoms with Crippen molar-refractivity contribution in [3.63, 3.8) is 0 Å². The minimum Gasteiger partial charge on any atom is -0.324 e. The summed E-state index contributed by atoms with van der Waals surface area (Å²) in [5, 5.41) is 3.51. The number of pyridine rings is 1. The van der Waals surface area contributed by atoms with Crippen LogP contribution in [0.1, 0.15) is 36.8 Å². The fourth-order valence-corrected chi connectivity index (χ4v) is 3.05. The molecule has 0 bridgehead atoms. The fraction of sp³-hybridized carbons (Fsp3) is 0.0556. The maximum atomic E-state index is 13.7. The van der Waals surface area contributed by atoms with E-state index in [4.69, 9.17) is 16.4 Å². The molecule has 0 fully saturated rings. The third-order valence-electron chi connectivity index (χ3n) is 4.13. The summed E-state index contributed by atoms with van der Waals surface area (Å²) >= 11 is 5.89. The van der Waals surface area contributed by atoms with E-state index in [0.29, 0.717) is 10.9 Å². The Bertz CT molecular complexity index is 1170. The van der Waals surface area contributed by atoms with Crippen molar-refractivity contribution in [3.05, 3.63) is 76.2 Å². The molecule has 1 aliphatic rings. The predicted octanol–water partition coefficient (Wildman–Crippen LogP) is 3.31. The van der Waals surface area contributed by atoms with Crippen LogP contribution in [0.3, 0.4) is 0 Å². The van der Waals surface area contributed by atoms with E-state index in [-0.39, 0.29) is 27.0 Å². The lowest BCUT2D eigenvalue weighted by atomic mass is 10.1. The lowest BCUT2D eigenvalue weighted by Crippen LogP contribution is -2.33. The Morgan fingerprint density at radius 3 is 2.23 bits per heavy atom. The van der Waals surface area contributed by atoms with E-state index in [9.17, 15) is 27.6 Å². The number of hydroxylamine groups is 2. The van der Waals surface area contributed by atoms with Gasteiger partial charge in [0.1, 0.15) is 5.56 Å². The van der Waals surface area contributed by atoms with Gasteiger partial charge in [-0.2, -0.15) is 18.3 Å². The van der Waals surface area contributed by atoms with Gasteiger partial charge in [0.05, 0.1) is 22.3 Å². The van der Waals surface area contributed by atoms with Gasteiger partial charge in [-0.25, -0.2) is 14.5 Å². The van der Waals surface area contributed by atoms with Crippen molar-refractivity contribution in [1.29, 1.82) is 0 Å². The third-order valence-corrected chi connectivity index (χ3v) is 4.42. The maximum Gasteiger partial charge on any atom is 0.434 e. The lowest BCUT2D eigenvalue weighted by Gasteiger charge is -2.15. The monoisotopic (exact) mass is 436 g/mol. The Morgan fingerprint density at radius 1 is 1.03 bits per heavy atom. The first-order chi connectivity index (χ1) is 14.2. The van der Waals surface area contributed by atoms with Gasteiger partial charge in [-0.1, -0.05) is 28.8 Å². The lowest BCUT2D eigenvalue weighted by molar-refractivity contribution is -0.143. The normalized spacial score (nSPS) is 13.5. The Balaban J connectivity index is 1.72. The second kappa shape index (κ2) is 6.95. The van der Waals surface area contributed by atoms with E-state index in [1.807, 2.05) is 0 Å². The highest BCUT2D eigenvalue weighted by atomic mass is 35.5. The van der Waals surface area contributed by atoms with Crippen LogP contribution in [-0.2, 0) is 11.0 Å². The topological polar surface area (TPSA) is 94.4 Å². The van der Waals surface area contributed by atoms with Crippen LogP contribution in [0, 0.1) is 0 Å². The first-order valence-electron chi connectivity index (χ1n) is 8.16. The van der Waals surface area contributed by atoms with E-state index in [0.717, 1.165) is 0 Å². The highest BCUT2D eigenvalue weighted by Gasteiger charge is 2.44. The van der Waals surface area contributed by atoms with Crippen LogP contribution >= 0.6 is 11.6 Å². The molecule has 2 aromatic heterocycles. The van der Waals surface area contributed by atoms with E-state index >= 15 is 0 Å². The van der Waals surface area contributed by atoms with Gasteiger partial charge < -0.3 is 4.84 Å².